The number of nitrogens with one attached hydrogen (secondary N) is 1. The van der Waals surface area contributed by atoms with E-state index in [1.54, 1.807) is 12.4 Å². The van der Waals surface area contributed by atoms with Crippen LogP contribution in [0.15, 0.2) is 18.5 Å². The van der Waals surface area contributed by atoms with Gasteiger partial charge in [0.15, 0.2) is 0 Å². The number of hydrogen-bond donors (Lipinski definition) is 1. The largest absolute Gasteiger partial charge is 0.317 e. The van der Waals surface area contributed by atoms with E-state index in [9.17, 15) is 0 Å². The summed E-state index contributed by atoms with van der Waals surface area (Å²) in [5.41, 5.74) is 1.91. The lowest BCUT2D eigenvalue weighted by molar-refractivity contribution is 0.459. The Labute approximate surface area is 83.8 Å². The second-order valence-corrected chi connectivity index (χ2v) is 3.60. The third kappa shape index (κ3) is 1.75. The minimum atomic E-state index is 0.536. The van der Waals surface area contributed by atoms with Crippen molar-refractivity contribution < 1.29 is 0 Å². The summed E-state index contributed by atoms with van der Waals surface area (Å²) in [6.45, 7) is 2.11. The van der Waals surface area contributed by atoms with Crippen LogP contribution in [0.1, 0.15) is 29.9 Å². The molecule has 0 unspecified atom stereocenters. The standard InChI is InChI=1S/C11H13N3/c12-7-10-8-14-6-3-11(10)9-1-4-13-5-2-9/h3,6,8-9,13H,1-2,4-5H2. The van der Waals surface area contributed by atoms with Crippen LogP contribution in [0, 0.1) is 11.3 Å². The Hall–Kier alpha value is -1.40. The Morgan fingerprint density at radius 2 is 2.21 bits per heavy atom. The van der Waals surface area contributed by atoms with Gasteiger partial charge in [-0.3, -0.25) is 4.98 Å². The predicted octanol–water partition coefficient (Wildman–Crippen LogP) is 1.42. The van der Waals surface area contributed by atoms with E-state index in [0.717, 1.165) is 31.5 Å². The molecule has 0 amide bonds. The van der Waals surface area contributed by atoms with E-state index >= 15 is 0 Å². The third-order valence-corrected chi connectivity index (χ3v) is 2.75. The van der Waals surface area contributed by atoms with E-state index in [1.165, 1.54) is 5.56 Å². The minimum absolute atomic E-state index is 0.536. The molecule has 2 rings (SSSR count). The molecule has 1 aliphatic rings. The fourth-order valence-electron chi connectivity index (χ4n) is 1.99. The first-order valence-electron chi connectivity index (χ1n) is 4.96. The van der Waals surface area contributed by atoms with Crippen LogP contribution in [0.25, 0.3) is 0 Å². The van der Waals surface area contributed by atoms with Crippen LogP contribution in [0.2, 0.25) is 0 Å². The number of rotatable bonds is 1. The van der Waals surface area contributed by atoms with E-state index in [-0.39, 0.29) is 0 Å². The molecule has 1 fully saturated rings. The molecular formula is C11H13N3. The van der Waals surface area contributed by atoms with Crippen LogP contribution in [0.5, 0.6) is 0 Å². The molecule has 14 heavy (non-hydrogen) atoms. The summed E-state index contributed by atoms with van der Waals surface area (Å²) in [6.07, 6.45) is 5.69. The van der Waals surface area contributed by atoms with Crippen molar-refractivity contribution >= 4 is 0 Å². The van der Waals surface area contributed by atoms with E-state index in [1.807, 2.05) is 6.07 Å². The molecule has 72 valence electrons. The summed E-state index contributed by atoms with van der Waals surface area (Å²) < 4.78 is 0. The lowest BCUT2D eigenvalue weighted by Gasteiger charge is -2.23. The van der Waals surface area contributed by atoms with Gasteiger partial charge in [-0.1, -0.05) is 0 Å². The maximum atomic E-state index is 8.94. The van der Waals surface area contributed by atoms with Crippen LogP contribution in [0.4, 0.5) is 0 Å². The second kappa shape index (κ2) is 4.21. The highest BCUT2D eigenvalue weighted by Crippen LogP contribution is 2.26. The molecule has 0 atom stereocenters. The fraction of sp³-hybridized carbons (Fsp3) is 0.455. The average Bonchev–Trinajstić information content (AvgIpc) is 2.30. The van der Waals surface area contributed by atoms with Gasteiger partial charge in [0.1, 0.15) is 6.07 Å². The zero-order valence-electron chi connectivity index (χ0n) is 8.03. The molecular weight excluding hydrogens is 174 g/mol. The Kier molecular flexibility index (Phi) is 2.76. The number of pyridine rings is 1. The normalized spacial score (nSPS) is 17.6. The van der Waals surface area contributed by atoms with Crippen molar-refractivity contribution in [3.8, 4) is 6.07 Å². The number of hydrogen-bond acceptors (Lipinski definition) is 3. The monoisotopic (exact) mass is 187 g/mol. The highest BCUT2D eigenvalue weighted by Gasteiger charge is 2.17. The Balaban J connectivity index is 2.26. The van der Waals surface area contributed by atoms with Gasteiger partial charge in [0.2, 0.25) is 0 Å². The predicted molar refractivity (Wildman–Crippen MR) is 53.8 cm³/mol. The van der Waals surface area contributed by atoms with Crippen molar-refractivity contribution in [1.82, 2.24) is 10.3 Å². The van der Waals surface area contributed by atoms with Crippen molar-refractivity contribution in [1.29, 1.82) is 5.26 Å². The zero-order valence-corrected chi connectivity index (χ0v) is 8.03. The lowest BCUT2D eigenvalue weighted by Crippen LogP contribution is -2.27. The molecule has 3 heteroatoms. The van der Waals surface area contributed by atoms with Gasteiger partial charge in [-0.05, 0) is 43.5 Å². The zero-order chi connectivity index (χ0) is 9.80. The number of aromatic nitrogens is 1. The minimum Gasteiger partial charge on any atom is -0.317 e. The van der Waals surface area contributed by atoms with Gasteiger partial charge < -0.3 is 5.32 Å². The molecule has 1 aliphatic heterocycles. The molecule has 0 aliphatic carbocycles. The smallest absolute Gasteiger partial charge is 0.101 e. The molecule has 0 spiro atoms. The molecule has 0 bridgehead atoms. The first-order chi connectivity index (χ1) is 6.92. The van der Waals surface area contributed by atoms with Crippen molar-refractivity contribution in [2.75, 3.05) is 13.1 Å². The van der Waals surface area contributed by atoms with Gasteiger partial charge in [0.25, 0.3) is 0 Å². The Morgan fingerprint density at radius 3 is 2.93 bits per heavy atom. The first-order valence-corrected chi connectivity index (χ1v) is 4.96. The molecule has 0 aromatic carbocycles. The summed E-state index contributed by atoms with van der Waals surface area (Å²) in [5, 5.41) is 12.3. The highest BCUT2D eigenvalue weighted by atomic mass is 14.9. The van der Waals surface area contributed by atoms with Crippen molar-refractivity contribution in [2.24, 2.45) is 0 Å². The van der Waals surface area contributed by atoms with E-state index in [4.69, 9.17) is 5.26 Å². The van der Waals surface area contributed by atoms with Crippen molar-refractivity contribution in [3.05, 3.63) is 29.6 Å². The van der Waals surface area contributed by atoms with Gasteiger partial charge in [-0.25, -0.2) is 0 Å². The average molecular weight is 187 g/mol. The van der Waals surface area contributed by atoms with Gasteiger partial charge in [0.05, 0.1) is 5.56 Å². The lowest BCUT2D eigenvalue weighted by atomic mass is 9.88. The molecule has 0 saturated carbocycles. The summed E-state index contributed by atoms with van der Waals surface area (Å²) in [4.78, 5) is 3.97. The van der Waals surface area contributed by atoms with E-state index in [2.05, 4.69) is 16.4 Å². The molecule has 1 aromatic rings. The van der Waals surface area contributed by atoms with Crippen LogP contribution >= 0.6 is 0 Å². The van der Waals surface area contributed by atoms with Crippen molar-refractivity contribution in [2.45, 2.75) is 18.8 Å². The number of piperidine rings is 1. The van der Waals surface area contributed by atoms with Crippen molar-refractivity contribution in [3.63, 3.8) is 0 Å². The van der Waals surface area contributed by atoms with Gasteiger partial charge in [-0.15, -0.1) is 0 Å². The Morgan fingerprint density at radius 1 is 1.43 bits per heavy atom. The van der Waals surface area contributed by atoms with Crippen LogP contribution in [0.3, 0.4) is 0 Å². The first kappa shape index (κ1) is 9.17. The van der Waals surface area contributed by atoms with Crippen LogP contribution in [-0.4, -0.2) is 18.1 Å². The summed E-state index contributed by atoms with van der Waals surface area (Å²) in [6, 6.07) is 4.19. The SMILES string of the molecule is N#Cc1cnccc1C1CCNCC1. The summed E-state index contributed by atoms with van der Waals surface area (Å²) in [7, 11) is 0. The quantitative estimate of drug-likeness (QED) is 0.723. The third-order valence-electron chi connectivity index (χ3n) is 2.75. The van der Waals surface area contributed by atoms with Crippen LogP contribution < -0.4 is 5.32 Å². The fourth-order valence-corrected chi connectivity index (χ4v) is 1.99. The molecule has 1 aromatic heterocycles. The van der Waals surface area contributed by atoms with Gasteiger partial charge >= 0.3 is 0 Å². The Bertz CT molecular complexity index is 348. The van der Waals surface area contributed by atoms with Crippen LogP contribution in [-0.2, 0) is 0 Å². The van der Waals surface area contributed by atoms with E-state index < -0.39 is 0 Å². The molecule has 1 saturated heterocycles. The summed E-state index contributed by atoms with van der Waals surface area (Å²) >= 11 is 0. The summed E-state index contributed by atoms with van der Waals surface area (Å²) in [5.74, 6) is 0.536. The maximum absolute atomic E-state index is 8.94. The maximum Gasteiger partial charge on any atom is 0.101 e. The molecule has 3 nitrogen and oxygen atoms in total. The van der Waals surface area contributed by atoms with E-state index in [0.29, 0.717) is 5.92 Å². The number of nitriles is 1. The second-order valence-electron chi connectivity index (χ2n) is 3.60. The van der Waals surface area contributed by atoms with Gasteiger partial charge in [0, 0.05) is 12.4 Å². The molecule has 2 heterocycles. The van der Waals surface area contributed by atoms with Gasteiger partial charge in [-0.2, -0.15) is 5.26 Å². The highest BCUT2D eigenvalue weighted by molar-refractivity contribution is 5.37. The number of nitrogens with zero attached hydrogens (tertiary/aromatic N) is 2. The molecule has 1 N–H and O–H groups in total. The molecule has 0 radical (unpaired) electrons. The topological polar surface area (TPSA) is 48.7 Å².